The molecule has 2 atom stereocenters. The molecule has 0 unspecified atom stereocenters. The third-order valence-corrected chi connectivity index (χ3v) is 6.50. The zero-order valence-corrected chi connectivity index (χ0v) is 19.5. The minimum absolute atomic E-state index is 0.0375. The average molecular weight is 463 g/mol. The second-order valence-electron chi connectivity index (χ2n) is 8.59. The van der Waals surface area contributed by atoms with E-state index in [1.54, 1.807) is 12.1 Å². The molecule has 0 aliphatic carbocycles. The zero-order valence-electron chi connectivity index (χ0n) is 18.8. The van der Waals surface area contributed by atoms with E-state index in [9.17, 15) is 4.39 Å². The normalized spacial score (nSPS) is 18.6. The number of rotatable bonds is 3. The van der Waals surface area contributed by atoms with Crippen molar-refractivity contribution in [3.05, 3.63) is 81.8 Å². The molecule has 0 amide bonds. The first kappa shape index (κ1) is 21.9. The fourth-order valence-electron chi connectivity index (χ4n) is 4.39. The van der Waals surface area contributed by atoms with E-state index in [2.05, 4.69) is 11.1 Å². The van der Waals surface area contributed by atoms with Crippen LogP contribution in [0.5, 0.6) is 0 Å². The van der Waals surface area contributed by atoms with E-state index in [0.29, 0.717) is 28.4 Å². The number of hydrogen-bond donors (Lipinski definition) is 0. The summed E-state index contributed by atoms with van der Waals surface area (Å²) >= 11 is 6.00. The lowest BCUT2D eigenvalue weighted by atomic mass is 9.88. The van der Waals surface area contributed by atoms with Gasteiger partial charge in [-0.2, -0.15) is 0 Å². The molecule has 3 aromatic heterocycles. The molecule has 1 fully saturated rings. The molecule has 33 heavy (non-hydrogen) atoms. The standard InChI is InChI=1S/C26H24ClFN4O/c1-14-10-18(6-8-29-14)24-11-17(7-9-33-24)22-13-23-26(31-16(3)15(2)30-23)25(32-22)20-5-4-19(27)12-21(20)28/h4-6,8,10,12-13,17,24H,7,9,11H2,1-3H3/t17-,24+/m0/s1. The van der Waals surface area contributed by atoms with Gasteiger partial charge < -0.3 is 4.74 Å². The number of nitrogens with zero attached hydrogens (tertiary/aromatic N) is 4. The van der Waals surface area contributed by atoms with Crippen LogP contribution in [0.3, 0.4) is 0 Å². The first-order valence-electron chi connectivity index (χ1n) is 11.0. The smallest absolute Gasteiger partial charge is 0.134 e. The molecular formula is C26H24ClFN4O. The topological polar surface area (TPSA) is 60.8 Å². The molecule has 4 heterocycles. The van der Waals surface area contributed by atoms with Crippen LogP contribution in [0.15, 0.2) is 42.6 Å². The Bertz CT molecular complexity index is 1360. The van der Waals surface area contributed by atoms with Crippen molar-refractivity contribution < 1.29 is 9.13 Å². The van der Waals surface area contributed by atoms with Gasteiger partial charge in [0.05, 0.1) is 23.0 Å². The second kappa shape index (κ2) is 8.76. The molecule has 1 aliphatic heterocycles. The molecule has 0 N–H and O–H groups in total. The molecule has 0 radical (unpaired) electrons. The van der Waals surface area contributed by atoms with Gasteiger partial charge in [-0.05, 0) is 75.6 Å². The third-order valence-electron chi connectivity index (χ3n) is 6.26. The summed E-state index contributed by atoms with van der Waals surface area (Å²) in [5.41, 5.74) is 6.78. The van der Waals surface area contributed by atoms with Gasteiger partial charge in [-0.1, -0.05) is 11.6 Å². The van der Waals surface area contributed by atoms with Crippen molar-refractivity contribution in [2.75, 3.05) is 6.61 Å². The minimum Gasteiger partial charge on any atom is -0.373 e. The number of aromatic nitrogens is 4. The predicted molar refractivity (Wildman–Crippen MR) is 127 cm³/mol. The molecule has 0 bridgehead atoms. The number of pyridine rings is 2. The van der Waals surface area contributed by atoms with Gasteiger partial charge in [-0.15, -0.1) is 0 Å². The number of halogens is 2. The van der Waals surface area contributed by atoms with Crippen molar-refractivity contribution >= 4 is 22.6 Å². The van der Waals surface area contributed by atoms with E-state index in [4.69, 9.17) is 31.3 Å². The highest BCUT2D eigenvalue weighted by molar-refractivity contribution is 6.30. The van der Waals surface area contributed by atoms with Gasteiger partial charge in [-0.25, -0.2) is 19.3 Å². The maximum absolute atomic E-state index is 14.9. The monoisotopic (exact) mass is 462 g/mol. The average Bonchev–Trinajstić information content (AvgIpc) is 2.80. The summed E-state index contributed by atoms with van der Waals surface area (Å²) in [6.07, 6.45) is 3.39. The maximum atomic E-state index is 14.9. The van der Waals surface area contributed by atoms with E-state index in [0.717, 1.165) is 46.7 Å². The summed E-state index contributed by atoms with van der Waals surface area (Å²) in [6.45, 7) is 6.43. The van der Waals surface area contributed by atoms with Gasteiger partial charge in [0.15, 0.2) is 0 Å². The van der Waals surface area contributed by atoms with Gasteiger partial charge in [-0.3, -0.25) is 4.98 Å². The SMILES string of the molecule is Cc1cc([C@H]2C[C@@H](c3cc4nc(C)c(C)nc4c(-c4ccc(Cl)cc4F)n3)CCO2)ccn1. The fraction of sp³-hybridized carbons (Fsp3) is 0.308. The lowest BCUT2D eigenvalue weighted by Crippen LogP contribution is -2.20. The Morgan fingerprint density at radius 2 is 1.82 bits per heavy atom. The molecule has 1 aliphatic rings. The lowest BCUT2D eigenvalue weighted by Gasteiger charge is -2.30. The van der Waals surface area contributed by atoms with Crippen LogP contribution >= 0.6 is 11.6 Å². The van der Waals surface area contributed by atoms with Crippen molar-refractivity contribution in [1.82, 2.24) is 19.9 Å². The largest absolute Gasteiger partial charge is 0.373 e. The molecule has 5 rings (SSSR count). The highest BCUT2D eigenvalue weighted by Crippen LogP contribution is 2.39. The fourth-order valence-corrected chi connectivity index (χ4v) is 4.55. The van der Waals surface area contributed by atoms with E-state index in [1.807, 2.05) is 39.1 Å². The van der Waals surface area contributed by atoms with E-state index in [1.165, 1.54) is 6.07 Å². The summed E-state index contributed by atoms with van der Waals surface area (Å²) in [5, 5.41) is 0.342. The molecule has 7 heteroatoms. The first-order chi connectivity index (χ1) is 15.9. The Hall–Kier alpha value is -2.96. The van der Waals surface area contributed by atoms with Crippen molar-refractivity contribution in [3.63, 3.8) is 0 Å². The molecule has 0 saturated carbocycles. The van der Waals surface area contributed by atoms with E-state index in [-0.39, 0.29) is 12.0 Å². The number of ether oxygens (including phenoxy) is 1. The number of hydrogen-bond acceptors (Lipinski definition) is 5. The van der Waals surface area contributed by atoms with Crippen LogP contribution in [-0.4, -0.2) is 26.5 Å². The Balaban J connectivity index is 1.62. The molecule has 0 spiro atoms. The van der Waals surface area contributed by atoms with Crippen molar-refractivity contribution in [3.8, 4) is 11.3 Å². The predicted octanol–water partition coefficient (Wildman–Crippen LogP) is 6.44. The van der Waals surface area contributed by atoms with Gasteiger partial charge in [0.2, 0.25) is 0 Å². The van der Waals surface area contributed by atoms with Gasteiger partial charge >= 0.3 is 0 Å². The molecular weight excluding hydrogens is 439 g/mol. The second-order valence-corrected chi connectivity index (χ2v) is 9.03. The van der Waals surface area contributed by atoms with Gasteiger partial charge in [0.25, 0.3) is 0 Å². The number of aryl methyl sites for hydroxylation is 3. The highest BCUT2D eigenvalue weighted by atomic mass is 35.5. The summed E-state index contributed by atoms with van der Waals surface area (Å²) in [6, 6.07) is 10.7. The summed E-state index contributed by atoms with van der Waals surface area (Å²) < 4.78 is 21.0. The van der Waals surface area contributed by atoms with Crippen LogP contribution in [0.2, 0.25) is 5.02 Å². The van der Waals surface area contributed by atoms with Crippen molar-refractivity contribution in [2.45, 2.75) is 45.6 Å². The molecule has 5 nitrogen and oxygen atoms in total. The Kier molecular flexibility index (Phi) is 5.81. The summed E-state index contributed by atoms with van der Waals surface area (Å²) in [7, 11) is 0. The van der Waals surface area contributed by atoms with Crippen LogP contribution in [0.1, 0.15) is 53.2 Å². The summed E-state index contributed by atoms with van der Waals surface area (Å²) in [4.78, 5) is 18.7. The van der Waals surface area contributed by atoms with Crippen molar-refractivity contribution in [2.24, 2.45) is 0 Å². The van der Waals surface area contributed by atoms with Gasteiger partial charge in [0.1, 0.15) is 17.0 Å². The van der Waals surface area contributed by atoms with Crippen LogP contribution < -0.4 is 0 Å². The minimum atomic E-state index is -0.425. The van der Waals surface area contributed by atoms with E-state index < -0.39 is 5.82 Å². The Morgan fingerprint density at radius 1 is 1.00 bits per heavy atom. The molecule has 168 valence electrons. The molecule has 1 aromatic carbocycles. The Morgan fingerprint density at radius 3 is 2.61 bits per heavy atom. The lowest BCUT2D eigenvalue weighted by molar-refractivity contribution is 0.00460. The number of fused-ring (bicyclic) bond motifs is 1. The van der Waals surface area contributed by atoms with Crippen molar-refractivity contribution in [1.29, 1.82) is 0 Å². The van der Waals surface area contributed by atoms with Crippen LogP contribution in [0.4, 0.5) is 4.39 Å². The molecule has 4 aromatic rings. The summed E-state index contributed by atoms with van der Waals surface area (Å²) in [5.74, 6) is -0.273. The third kappa shape index (κ3) is 4.33. The maximum Gasteiger partial charge on any atom is 0.134 e. The van der Waals surface area contributed by atoms with Gasteiger partial charge in [0, 0.05) is 40.7 Å². The van der Waals surface area contributed by atoms with Crippen LogP contribution in [0, 0.1) is 26.6 Å². The van der Waals surface area contributed by atoms with Crippen LogP contribution in [0.25, 0.3) is 22.3 Å². The highest BCUT2D eigenvalue weighted by Gasteiger charge is 2.28. The number of benzene rings is 1. The molecule has 1 saturated heterocycles. The quantitative estimate of drug-likeness (QED) is 0.350. The van der Waals surface area contributed by atoms with E-state index >= 15 is 0 Å². The zero-order chi connectivity index (χ0) is 23.1. The van der Waals surface area contributed by atoms with Crippen LogP contribution in [-0.2, 0) is 4.74 Å². The Labute approximate surface area is 197 Å². The first-order valence-corrected chi connectivity index (χ1v) is 11.4.